The Bertz CT molecular complexity index is 1610. The van der Waals surface area contributed by atoms with Gasteiger partial charge in [0, 0.05) is 47.9 Å². The predicted molar refractivity (Wildman–Crippen MR) is 181 cm³/mol. The van der Waals surface area contributed by atoms with Gasteiger partial charge in [-0.2, -0.15) is 4.98 Å². The minimum Gasteiger partial charge on any atom is -0.495 e. The van der Waals surface area contributed by atoms with Crippen molar-refractivity contribution >= 4 is 51.8 Å². The van der Waals surface area contributed by atoms with Crippen molar-refractivity contribution in [1.82, 2.24) is 19.5 Å². The topological polar surface area (TPSA) is 120 Å². The molecule has 44 heavy (non-hydrogen) atoms. The number of benzene rings is 1. The third-order valence-corrected chi connectivity index (χ3v) is 6.71. The van der Waals surface area contributed by atoms with Gasteiger partial charge in [0.15, 0.2) is 0 Å². The summed E-state index contributed by atoms with van der Waals surface area (Å²) >= 11 is 13.3. The lowest BCUT2D eigenvalue weighted by atomic mass is 10.0. The number of hydrogen-bond donors (Lipinski definition) is 2. The van der Waals surface area contributed by atoms with E-state index in [2.05, 4.69) is 32.2 Å². The number of aryl methyl sites for hydroxylation is 2. The molecular weight excluding hydrogens is 603 g/mol. The van der Waals surface area contributed by atoms with Gasteiger partial charge in [0.2, 0.25) is 11.9 Å². The van der Waals surface area contributed by atoms with Crippen LogP contribution in [0, 0.1) is 0 Å². The fraction of sp³-hybridized carbons (Fsp3) is 0.344. The molecule has 0 saturated heterocycles. The Hall–Kier alpha value is -4.15. The summed E-state index contributed by atoms with van der Waals surface area (Å²) in [5, 5.41) is 6.79. The number of halogens is 2. The van der Waals surface area contributed by atoms with Crippen LogP contribution < -0.4 is 25.7 Å². The third kappa shape index (κ3) is 8.48. The predicted octanol–water partition coefficient (Wildman–Crippen LogP) is 7.42. The molecule has 3 heterocycles. The summed E-state index contributed by atoms with van der Waals surface area (Å²) in [7, 11) is 2.93. The van der Waals surface area contributed by atoms with Gasteiger partial charge in [-0.15, -0.1) is 0 Å². The summed E-state index contributed by atoms with van der Waals surface area (Å²) < 4.78 is 12.4. The zero-order chi connectivity index (χ0) is 33.0. The van der Waals surface area contributed by atoms with E-state index in [0.717, 1.165) is 0 Å². The molecule has 0 aliphatic carbocycles. The van der Waals surface area contributed by atoms with Gasteiger partial charge >= 0.3 is 0 Å². The maximum Gasteiger partial charge on any atom is 0.260 e. The standard InChI is InChI=1S/C28H28Cl2N6O4.2C2H6/c1-6-22(37)34-18-8-7-17(31-14-18)9-10-36-26-16(13-32-28(35-26)33-15(2)3)11-19(27(36)38)23-24(29)20(39-4)12-21(40-5)25(23)30;2*1-2/h6-8,11-15H,1,9-10H2,2-5H3,(H,34,37)(H,32,33,35);2*1-2H3. The number of pyridine rings is 2. The highest BCUT2D eigenvalue weighted by atomic mass is 35.5. The molecule has 1 aromatic carbocycles. The van der Waals surface area contributed by atoms with Gasteiger partial charge < -0.3 is 20.1 Å². The van der Waals surface area contributed by atoms with E-state index in [9.17, 15) is 9.59 Å². The zero-order valence-corrected chi connectivity index (χ0v) is 27.9. The second kappa shape index (κ2) is 17.2. The van der Waals surface area contributed by atoms with E-state index in [4.69, 9.17) is 32.7 Å². The number of nitrogens with one attached hydrogen (secondary N) is 2. The molecule has 0 bridgehead atoms. The van der Waals surface area contributed by atoms with E-state index in [0.29, 0.717) is 46.3 Å². The van der Waals surface area contributed by atoms with Crippen LogP contribution >= 0.6 is 23.2 Å². The average molecular weight is 644 g/mol. The SMILES string of the molecule is C=CC(=O)Nc1ccc(CCn2c(=O)c(-c3c(Cl)c(OC)cc(OC)c3Cl)cc3cnc(NC(C)C)nc32)nc1.CC.CC. The van der Waals surface area contributed by atoms with E-state index in [1.54, 1.807) is 41.2 Å². The van der Waals surface area contributed by atoms with Crippen LogP contribution in [0.2, 0.25) is 10.0 Å². The van der Waals surface area contributed by atoms with Gasteiger partial charge in [0.25, 0.3) is 5.56 Å². The van der Waals surface area contributed by atoms with Crippen molar-refractivity contribution in [3.8, 4) is 22.6 Å². The Morgan fingerprint density at radius 3 is 2.18 bits per heavy atom. The number of carbonyl (C=O) groups excluding carboxylic acids is 1. The Morgan fingerprint density at radius 2 is 1.66 bits per heavy atom. The summed E-state index contributed by atoms with van der Waals surface area (Å²) in [6.45, 7) is 15.6. The van der Waals surface area contributed by atoms with Crippen molar-refractivity contribution in [3.63, 3.8) is 0 Å². The lowest BCUT2D eigenvalue weighted by molar-refractivity contribution is -0.111. The molecule has 10 nitrogen and oxygen atoms in total. The summed E-state index contributed by atoms with van der Waals surface area (Å²) in [6, 6.07) is 6.82. The van der Waals surface area contributed by atoms with Crippen molar-refractivity contribution < 1.29 is 14.3 Å². The Balaban J connectivity index is 0.00000162. The molecule has 0 aliphatic rings. The first-order valence-electron chi connectivity index (χ1n) is 14.3. The summed E-state index contributed by atoms with van der Waals surface area (Å²) in [6.07, 6.45) is 4.76. The van der Waals surface area contributed by atoms with Crippen LogP contribution in [0.1, 0.15) is 47.2 Å². The zero-order valence-electron chi connectivity index (χ0n) is 26.4. The molecule has 0 saturated carbocycles. The molecule has 0 fully saturated rings. The quantitative estimate of drug-likeness (QED) is 0.171. The van der Waals surface area contributed by atoms with Crippen molar-refractivity contribution in [2.75, 3.05) is 24.9 Å². The van der Waals surface area contributed by atoms with Gasteiger partial charge in [-0.25, -0.2) is 4.98 Å². The molecule has 2 N–H and O–H groups in total. The molecule has 4 rings (SSSR count). The monoisotopic (exact) mass is 642 g/mol. The molecule has 1 amide bonds. The molecule has 0 spiro atoms. The molecule has 3 aromatic heterocycles. The van der Waals surface area contributed by atoms with Crippen LogP contribution in [-0.2, 0) is 17.8 Å². The molecule has 0 aliphatic heterocycles. The molecule has 4 aromatic rings. The van der Waals surface area contributed by atoms with Gasteiger partial charge in [-0.1, -0.05) is 57.5 Å². The van der Waals surface area contributed by atoms with E-state index >= 15 is 0 Å². The number of carbonyl (C=O) groups is 1. The number of rotatable bonds is 10. The number of ether oxygens (including phenoxy) is 2. The third-order valence-electron chi connectivity index (χ3n) is 5.96. The number of fused-ring (bicyclic) bond motifs is 1. The Labute approximate surface area is 268 Å². The number of nitrogens with zero attached hydrogens (tertiary/aromatic N) is 4. The second-order valence-corrected chi connectivity index (χ2v) is 9.81. The highest BCUT2D eigenvalue weighted by Crippen LogP contribution is 2.45. The lowest BCUT2D eigenvalue weighted by Gasteiger charge is -2.17. The van der Waals surface area contributed by atoms with E-state index < -0.39 is 0 Å². The summed E-state index contributed by atoms with van der Waals surface area (Å²) in [5.41, 5.74) is 1.83. The van der Waals surface area contributed by atoms with E-state index in [-0.39, 0.29) is 45.2 Å². The Kier molecular flexibility index (Phi) is 14.1. The van der Waals surface area contributed by atoms with Gasteiger partial charge in [-0.3, -0.25) is 19.1 Å². The first-order chi connectivity index (χ1) is 21.2. The van der Waals surface area contributed by atoms with Gasteiger partial charge in [0.1, 0.15) is 17.1 Å². The summed E-state index contributed by atoms with van der Waals surface area (Å²) in [5.74, 6) is 0.679. The van der Waals surface area contributed by atoms with Crippen LogP contribution in [-0.4, -0.2) is 45.7 Å². The second-order valence-electron chi connectivity index (χ2n) is 9.05. The average Bonchev–Trinajstić information content (AvgIpc) is 3.03. The largest absolute Gasteiger partial charge is 0.495 e. The molecule has 0 unspecified atom stereocenters. The molecule has 236 valence electrons. The van der Waals surface area contributed by atoms with Crippen molar-refractivity contribution in [1.29, 1.82) is 0 Å². The normalized spacial score (nSPS) is 10.2. The maximum atomic E-state index is 14.1. The highest BCUT2D eigenvalue weighted by Gasteiger charge is 2.23. The number of methoxy groups -OCH3 is 2. The van der Waals surface area contributed by atoms with Crippen LogP contribution in [0.3, 0.4) is 0 Å². The first kappa shape index (κ1) is 36.0. The van der Waals surface area contributed by atoms with Crippen molar-refractivity contribution in [2.45, 2.75) is 60.5 Å². The highest BCUT2D eigenvalue weighted by molar-refractivity contribution is 6.41. The van der Waals surface area contributed by atoms with Crippen LogP contribution in [0.5, 0.6) is 11.5 Å². The van der Waals surface area contributed by atoms with Crippen LogP contribution in [0.15, 0.2) is 54.1 Å². The number of anilines is 2. The number of hydrogen-bond acceptors (Lipinski definition) is 8. The summed E-state index contributed by atoms with van der Waals surface area (Å²) in [4.78, 5) is 39.1. The number of amides is 1. The minimum absolute atomic E-state index is 0.0862. The smallest absolute Gasteiger partial charge is 0.260 e. The molecule has 0 radical (unpaired) electrons. The lowest BCUT2D eigenvalue weighted by Crippen LogP contribution is -2.25. The van der Waals surface area contributed by atoms with Gasteiger partial charge in [0.05, 0.1) is 41.7 Å². The molecule has 0 atom stereocenters. The maximum absolute atomic E-state index is 14.1. The van der Waals surface area contributed by atoms with E-state index in [1.807, 2.05) is 41.5 Å². The fourth-order valence-corrected chi connectivity index (χ4v) is 4.77. The van der Waals surface area contributed by atoms with Crippen molar-refractivity contribution in [3.05, 3.63) is 75.4 Å². The van der Waals surface area contributed by atoms with Crippen LogP contribution in [0.25, 0.3) is 22.2 Å². The Morgan fingerprint density at radius 1 is 1.02 bits per heavy atom. The number of aromatic nitrogens is 4. The van der Waals surface area contributed by atoms with E-state index in [1.165, 1.54) is 20.3 Å². The van der Waals surface area contributed by atoms with Crippen LogP contribution in [0.4, 0.5) is 11.6 Å². The first-order valence-corrected chi connectivity index (χ1v) is 15.1. The molecule has 12 heteroatoms. The fourth-order valence-electron chi connectivity index (χ4n) is 4.06. The van der Waals surface area contributed by atoms with Crippen molar-refractivity contribution in [2.24, 2.45) is 0 Å². The molecular formula is C32H40Cl2N6O4. The van der Waals surface area contributed by atoms with Gasteiger partial charge in [-0.05, 0) is 38.1 Å². The minimum atomic E-state index is -0.365.